The fourth-order valence-corrected chi connectivity index (χ4v) is 17.3. The van der Waals surface area contributed by atoms with Gasteiger partial charge in [-0.1, -0.05) is 60.8 Å². The summed E-state index contributed by atoms with van der Waals surface area (Å²) in [4.78, 5) is 35.8. The summed E-state index contributed by atoms with van der Waals surface area (Å²) in [5.74, 6) is 15.0. The molecule has 51 heavy (non-hydrogen) atoms. The first-order chi connectivity index (χ1) is 24.5. The lowest BCUT2D eigenvalue weighted by molar-refractivity contribution is -0.148. The summed E-state index contributed by atoms with van der Waals surface area (Å²) < 4.78 is 17.1. The minimum absolute atomic E-state index is 0.127. The Morgan fingerprint density at radius 2 is 0.588 bits per heavy atom. The van der Waals surface area contributed by atoms with Crippen LogP contribution in [0, 0.1) is 124 Å². The first-order valence-corrected chi connectivity index (χ1v) is 22.2. The molecule has 3 heterocycles. The Kier molecular flexibility index (Phi) is 8.12. The molecule has 0 unspecified atom stereocenters. The van der Waals surface area contributed by atoms with Crippen molar-refractivity contribution in [3.05, 3.63) is 0 Å². The number of hydrogen-bond donors (Lipinski definition) is 0. The number of esters is 3. The Labute approximate surface area is 307 Å². The smallest absolute Gasteiger partial charge is 0.309 e. The lowest BCUT2D eigenvalue weighted by atomic mass is 9.58. The first-order valence-electron chi connectivity index (χ1n) is 22.2. The number of hydrogen-bond acceptors (Lipinski definition) is 6. The van der Waals surface area contributed by atoms with Crippen LogP contribution in [0.1, 0.15) is 119 Å². The second kappa shape index (κ2) is 12.2. The zero-order valence-corrected chi connectivity index (χ0v) is 32.3. The largest absolute Gasteiger partial charge is 0.462 e. The quantitative estimate of drug-likeness (QED) is 0.186. The summed E-state index contributed by atoms with van der Waals surface area (Å²) in [6, 6.07) is 0. The molecule has 0 aromatic heterocycles. The van der Waals surface area contributed by atoms with E-state index in [-0.39, 0.29) is 54.0 Å². The molecule has 9 saturated carbocycles. The average Bonchev–Trinajstić information content (AvgIpc) is 3.94. The lowest BCUT2D eigenvalue weighted by Crippen LogP contribution is -2.41. The van der Waals surface area contributed by atoms with Gasteiger partial charge >= 0.3 is 17.9 Å². The second-order valence-electron chi connectivity index (χ2n) is 20.9. The minimum atomic E-state index is 0.127. The van der Waals surface area contributed by atoms with Crippen LogP contribution in [0.2, 0.25) is 0 Å². The van der Waals surface area contributed by atoms with Crippen LogP contribution in [0.15, 0.2) is 0 Å². The van der Waals surface area contributed by atoms with Crippen LogP contribution in [0.3, 0.4) is 0 Å². The van der Waals surface area contributed by atoms with Gasteiger partial charge in [0.05, 0.1) is 17.8 Å². The first kappa shape index (κ1) is 33.9. The molecular weight excluding hydrogens is 636 g/mol. The molecule has 9 aliphatic carbocycles. The van der Waals surface area contributed by atoms with Crippen molar-refractivity contribution in [2.75, 3.05) is 0 Å². The zero-order chi connectivity index (χ0) is 35.2. The Morgan fingerprint density at radius 1 is 0.333 bits per heavy atom. The highest BCUT2D eigenvalue weighted by molar-refractivity contribution is 5.77. The Bertz CT molecular complexity index is 1250. The van der Waals surface area contributed by atoms with Crippen LogP contribution < -0.4 is 0 Å². The average molecular weight is 703 g/mol. The molecule has 0 aromatic rings. The molecule has 0 N–H and O–H groups in total. The molecule has 282 valence electrons. The van der Waals surface area contributed by atoms with E-state index in [1.807, 2.05) is 0 Å². The fraction of sp³-hybridized carbons (Fsp3) is 0.933. The van der Waals surface area contributed by atoms with Crippen molar-refractivity contribution in [1.29, 1.82) is 0 Å². The number of ether oxygens (including phenoxy) is 3. The topological polar surface area (TPSA) is 78.9 Å². The van der Waals surface area contributed by atoms with Gasteiger partial charge in [0.25, 0.3) is 0 Å². The van der Waals surface area contributed by atoms with Crippen LogP contribution in [-0.2, 0) is 28.6 Å². The molecule has 0 bridgehead atoms. The summed E-state index contributed by atoms with van der Waals surface area (Å²) in [5, 5.41) is 0. The maximum atomic E-state index is 11.9. The van der Waals surface area contributed by atoms with E-state index in [1.165, 1.54) is 57.8 Å². The highest BCUT2D eigenvalue weighted by Crippen LogP contribution is 2.65. The molecule has 0 aromatic carbocycles. The van der Waals surface area contributed by atoms with Crippen molar-refractivity contribution in [2.24, 2.45) is 124 Å². The van der Waals surface area contributed by atoms with Gasteiger partial charge in [-0.3, -0.25) is 14.4 Å². The summed E-state index contributed by atoms with van der Waals surface area (Å²) >= 11 is 0. The van der Waals surface area contributed by atoms with Crippen LogP contribution in [0.4, 0.5) is 0 Å². The van der Waals surface area contributed by atoms with E-state index >= 15 is 0 Å². The van der Waals surface area contributed by atoms with Gasteiger partial charge in [0.15, 0.2) is 0 Å². The molecule has 0 radical (unpaired) electrons. The Morgan fingerprint density at radius 3 is 0.863 bits per heavy atom. The predicted molar refractivity (Wildman–Crippen MR) is 192 cm³/mol. The predicted octanol–water partition coefficient (Wildman–Crippen LogP) is 8.60. The van der Waals surface area contributed by atoms with Crippen molar-refractivity contribution >= 4 is 17.9 Å². The number of carbonyl (C=O) groups excluding carboxylic acids is 3. The van der Waals surface area contributed by atoms with E-state index in [2.05, 4.69) is 41.5 Å². The van der Waals surface area contributed by atoms with Crippen molar-refractivity contribution < 1.29 is 28.6 Å². The monoisotopic (exact) mass is 702 g/mol. The minimum Gasteiger partial charge on any atom is -0.462 e. The zero-order valence-electron chi connectivity index (χ0n) is 32.3. The number of rotatable bonds is 0. The second-order valence-corrected chi connectivity index (χ2v) is 20.9. The SMILES string of the molecule is C[C@H]1[C@@H]2CC[C@@H](C)[C@H]3CC[C@H]4C(=O)O[C@@H]1[C@H]4[C@@H]23.C[C@H]1[C@@H]2CC[C@@H](C)[C@H]3CC[C@H]4C(=O)O[C@@H]1[C@H]4[C@@H]23.C[C@H]1[C@@H]2CC[C@@H](C)[C@H]3CC[C@H]4C(=O)O[C@@H]1[C@H]4[C@@H]23. The van der Waals surface area contributed by atoms with E-state index in [0.717, 1.165) is 90.3 Å². The third kappa shape index (κ3) is 4.73. The van der Waals surface area contributed by atoms with Crippen molar-refractivity contribution in [3.63, 3.8) is 0 Å². The number of carbonyl (C=O) groups is 3. The maximum absolute atomic E-state index is 11.9. The fourth-order valence-electron chi connectivity index (χ4n) is 17.3. The highest BCUT2D eigenvalue weighted by atomic mass is 16.6. The molecule has 12 rings (SSSR count). The molecule has 12 aliphatic rings. The van der Waals surface area contributed by atoms with Gasteiger partial charge in [0, 0.05) is 17.8 Å². The van der Waals surface area contributed by atoms with Gasteiger partial charge in [-0.2, -0.15) is 0 Å². The standard InChI is InChI=1S/3C15H22O2/c3*1-7-3-4-10-8(2)14-13-11(15(16)17-14)6-5-9(7)12(10)13/h3*7-14H,3-6H2,1-2H3/t3*7-,8+,9-,10+,11-,12-,13-,14+/m111/s1. The molecule has 0 amide bonds. The molecule has 12 fully saturated rings. The lowest BCUT2D eigenvalue weighted by Gasteiger charge is -2.45. The van der Waals surface area contributed by atoms with Gasteiger partial charge in [-0.15, -0.1) is 0 Å². The van der Waals surface area contributed by atoms with E-state index in [9.17, 15) is 14.4 Å². The van der Waals surface area contributed by atoms with Crippen molar-refractivity contribution in [1.82, 2.24) is 0 Å². The summed E-state index contributed by atoms with van der Waals surface area (Å²) in [6.07, 6.45) is 16.3. The summed E-state index contributed by atoms with van der Waals surface area (Å²) in [6.45, 7) is 14.3. The van der Waals surface area contributed by atoms with Crippen molar-refractivity contribution in [2.45, 2.75) is 137 Å². The summed E-state index contributed by atoms with van der Waals surface area (Å²) in [5.41, 5.74) is 0. The molecule has 24 atom stereocenters. The van der Waals surface area contributed by atoms with Crippen LogP contribution in [0.5, 0.6) is 0 Å². The highest BCUT2D eigenvalue weighted by Gasteiger charge is 2.66. The molecule has 6 nitrogen and oxygen atoms in total. The Hall–Kier alpha value is -1.59. The van der Waals surface area contributed by atoms with Crippen LogP contribution >= 0.6 is 0 Å². The summed E-state index contributed by atoms with van der Waals surface area (Å²) in [7, 11) is 0. The molecular formula is C45H66O6. The van der Waals surface area contributed by atoms with E-state index in [0.29, 0.717) is 35.5 Å². The normalized spacial score (nSPS) is 60.0. The van der Waals surface area contributed by atoms with Gasteiger partial charge in [-0.05, 0) is 147 Å². The third-order valence-corrected chi connectivity index (χ3v) is 19.6. The van der Waals surface area contributed by atoms with E-state index in [1.54, 1.807) is 0 Å². The molecule has 6 heteroatoms. The molecule has 3 aliphatic heterocycles. The van der Waals surface area contributed by atoms with Gasteiger partial charge < -0.3 is 14.2 Å². The maximum Gasteiger partial charge on any atom is 0.309 e. The van der Waals surface area contributed by atoms with Gasteiger partial charge in [0.1, 0.15) is 18.3 Å². The molecule has 3 saturated heterocycles. The van der Waals surface area contributed by atoms with Crippen molar-refractivity contribution in [3.8, 4) is 0 Å². The molecule has 0 spiro atoms. The van der Waals surface area contributed by atoms with Gasteiger partial charge in [-0.25, -0.2) is 0 Å². The van der Waals surface area contributed by atoms with Crippen LogP contribution in [0.25, 0.3) is 0 Å². The van der Waals surface area contributed by atoms with E-state index < -0.39 is 0 Å². The Balaban J connectivity index is 0.0000000963. The van der Waals surface area contributed by atoms with Gasteiger partial charge in [0.2, 0.25) is 0 Å². The van der Waals surface area contributed by atoms with Crippen LogP contribution in [-0.4, -0.2) is 36.2 Å². The van der Waals surface area contributed by atoms with E-state index in [4.69, 9.17) is 14.2 Å². The third-order valence-electron chi connectivity index (χ3n) is 19.6.